The molecular weight excluding hydrogens is 331 g/mol. The van der Waals surface area contributed by atoms with Crippen molar-refractivity contribution in [1.29, 1.82) is 0 Å². The van der Waals surface area contributed by atoms with Crippen LogP contribution in [-0.2, 0) is 12.7 Å². The van der Waals surface area contributed by atoms with Crippen LogP contribution in [0.5, 0.6) is 5.88 Å². The largest absolute Gasteiger partial charge is 0.473 e. The van der Waals surface area contributed by atoms with Crippen LogP contribution in [0.3, 0.4) is 0 Å². The van der Waals surface area contributed by atoms with Crippen molar-refractivity contribution in [3.8, 4) is 5.88 Å². The monoisotopic (exact) mass is 351 g/mol. The summed E-state index contributed by atoms with van der Waals surface area (Å²) in [6, 6.07) is 5.53. The minimum Gasteiger partial charge on any atom is -0.473 e. The van der Waals surface area contributed by atoms with Crippen molar-refractivity contribution in [3.63, 3.8) is 0 Å². The molecule has 0 radical (unpaired) electrons. The Morgan fingerprint density at radius 1 is 1.20 bits per heavy atom. The van der Waals surface area contributed by atoms with E-state index >= 15 is 0 Å². The molecule has 1 aliphatic heterocycles. The molecule has 0 amide bonds. The van der Waals surface area contributed by atoms with Crippen LogP contribution in [0.1, 0.15) is 29.7 Å². The van der Waals surface area contributed by atoms with E-state index in [0.717, 1.165) is 37.7 Å². The zero-order chi connectivity index (χ0) is 17.9. The first-order valence-electron chi connectivity index (χ1n) is 8.24. The van der Waals surface area contributed by atoms with Crippen molar-refractivity contribution in [3.05, 3.63) is 53.5 Å². The average Bonchev–Trinajstić information content (AvgIpc) is 2.56. The fraction of sp³-hybridized carbons (Fsp3) is 0.444. The van der Waals surface area contributed by atoms with Crippen molar-refractivity contribution in [2.45, 2.75) is 38.6 Å². The Bertz CT molecular complexity index is 713. The standard InChI is InChI=1S/C18H20F3N3O/c1-13-10-22-11-17(23-13)25-16-5-7-24(8-6-16)12-14-3-2-4-15(9-14)18(19,20)21/h2-4,9-11,16H,5-8,12H2,1H3. The fourth-order valence-electron chi connectivity index (χ4n) is 2.96. The average molecular weight is 351 g/mol. The maximum atomic E-state index is 12.8. The third kappa shape index (κ3) is 4.92. The molecule has 0 bridgehead atoms. The van der Waals surface area contributed by atoms with Crippen molar-refractivity contribution in [1.82, 2.24) is 14.9 Å². The number of alkyl halides is 3. The second kappa shape index (κ2) is 7.39. The van der Waals surface area contributed by atoms with E-state index in [0.29, 0.717) is 18.0 Å². The van der Waals surface area contributed by atoms with Crippen LogP contribution in [0.25, 0.3) is 0 Å². The predicted molar refractivity (Wildman–Crippen MR) is 87.1 cm³/mol. The lowest BCUT2D eigenvalue weighted by atomic mass is 10.1. The Kier molecular flexibility index (Phi) is 5.22. The molecule has 1 fully saturated rings. The highest BCUT2D eigenvalue weighted by atomic mass is 19.4. The van der Waals surface area contributed by atoms with Crippen LogP contribution in [0.2, 0.25) is 0 Å². The molecule has 1 saturated heterocycles. The van der Waals surface area contributed by atoms with E-state index in [1.54, 1.807) is 18.5 Å². The molecule has 134 valence electrons. The molecule has 0 saturated carbocycles. The van der Waals surface area contributed by atoms with Gasteiger partial charge >= 0.3 is 6.18 Å². The maximum Gasteiger partial charge on any atom is 0.416 e. The van der Waals surface area contributed by atoms with E-state index in [1.165, 1.54) is 12.1 Å². The molecule has 0 N–H and O–H groups in total. The van der Waals surface area contributed by atoms with Gasteiger partial charge in [0.25, 0.3) is 0 Å². The van der Waals surface area contributed by atoms with Gasteiger partial charge in [0.05, 0.1) is 17.5 Å². The van der Waals surface area contributed by atoms with Gasteiger partial charge in [-0.2, -0.15) is 13.2 Å². The van der Waals surface area contributed by atoms with Gasteiger partial charge in [0.2, 0.25) is 5.88 Å². The highest BCUT2D eigenvalue weighted by Gasteiger charge is 2.30. The number of ether oxygens (including phenoxy) is 1. The normalized spacial score (nSPS) is 16.8. The van der Waals surface area contributed by atoms with Crippen LogP contribution in [0.15, 0.2) is 36.7 Å². The topological polar surface area (TPSA) is 38.2 Å². The van der Waals surface area contributed by atoms with Gasteiger partial charge in [-0.25, -0.2) is 4.98 Å². The number of likely N-dealkylation sites (tertiary alicyclic amines) is 1. The minimum absolute atomic E-state index is 0.0638. The summed E-state index contributed by atoms with van der Waals surface area (Å²) in [5, 5.41) is 0. The number of rotatable bonds is 4. The third-order valence-electron chi connectivity index (χ3n) is 4.22. The van der Waals surface area contributed by atoms with Gasteiger partial charge in [-0.1, -0.05) is 18.2 Å². The van der Waals surface area contributed by atoms with Gasteiger partial charge in [0.15, 0.2) is 0 Å². The number of hydrogen-bond donors (Lipinski definition) is 0. The first-order chi connectivity index (χ1) is 11.9. The summed E-state index contributed by atoms with van der Waals surface area (Å²) in [7, 11) is 0. The lowest BCUT2D eigenvalue weighted by Crippen LogP contribution is -2.38. The quantitative estimate of drug-likeness (QED) is 0.839. The van der Waals surface area contributed by atoms with Crippen molar-refractivity contribution in [2.75, 3.05) is 13.1 Å². The molecule has 0 spiro atoms. The summed E-state index contributed by atoms with van der Waals surface area (Å²) in [6.45, 7) is 3.93. The van der Waals surface area contributed by atoms with E-state index in [9.17, 15) is 13.2 Å². The fourth-order valence-corrected chi connectivity index (χ4v) is 2.96. The Labute approximate surface area is 144 Å². The van der Waals surface area contributed by atoms with Gasteiger partial charge in [-0.3, -0.25) is 9.88 Å². The van der Waals surface area contributed by atoms with Gasteiger partial charge in [-0.15, -0.1) is 0 Å². The molecule has 1 aromatic heterocycles. The van der Waals surface area contributed by atoms with Crippen LogP contribution < -0.4 is 4.74 Å². The Balaban J connectivity index is 1.53. The molecule has 25 heavy (non-hydrogen) atoms. The first-order valence-corrected chi connectivity index (χ1v) is 8.24. The molecule has 0 aliphatic carbocycles. The van der Waals surface area contributed by atoms with E-state index < -0.39 is 11.7 Å². The lowest BCUT2D eigenvalue weighted by molar-refractivity contribution is -0.137. The number of benzene rings is 1. The molecule has 2 aromatic rings. The SMILES string of the molecule is Cc1cncc(OC2CCN(Cc3cccc(C(F)(F)F)c3)CC2)n1. The smallest absolute Gasteiger partial charge is 0.416 e. The molecule has 7 heteroatoms. The summed E-state index contributed by atoms with van der Waals surface area (Å²) in [5.41, 5.74) is 0.888. The van der Waals surface area contributed by atoms with Gasteiger partial charge in [0, 0.05) is 25.8 Å². The summed E-state index contributed by atoms with van der Waals surface area (Å²) in [6.07, 6.45) is 0.662. The number of hydrogen-bond acceptors (Lipinski definition) is 4. The van der Waals surface area contributed by atoms with Gasteiger partial charge in [0.1, 0.15) is 6.10 Å². The van der Waals surface area contributed by atoms with E-state index in [-0.39, 0.29) is 6.10 Å². The van der Waals surface area contributed by atoms with Crippen molar-refractivity contribution in [2.24, 2.45) is 0 Å². The summed E-state index contributed by atoms with van der Waals surface area (Å²) in [4.78, 5) is 10.5. The number of aromatic nitrogens is 2. The summed E-state index contributed by atoms with van der Waals surface area (Å²) in [5.74, 6) is 0.524. The van der Waals surface area contributed by atoms with Crippen LogP contribution in [0.4, 0.5) is 13.2 Å². The highest BCUT2D eigenvalue weighted by molar-refractivity contribution is 5.25. The zero-order valence-electron chi connectivity index (χ0n) is 14.0. The van der Waals surface area contributed by atoms with Gasteiger partial charge < -0.3 is 4.74 Å². The third-order valence-corrected chi connectivity index (χ3v) is 4.22. The Morgan fingerprint density at radius 2 is 1.96 bits per heavy atom. The molecule has 3 rings (SSSR count). The number of piperidine rings is 1. The highest BCUT2D eigenvalue weighted by Crippen LogP contribution is 2.30. The van der Waals surface area contributed by atoms with Crippen LogP contribution in [-0.4, -0.2) is 34.1 Å². The lowest BCUT2D eigenvalue weighted by Gasteiger charge is -2.32. The van der Waals surface area contributed by atoms with Crippen molar-refractivity contribution >= 4 is 0 Å². The molecule has 2 heterocycles. The zero-order valence-corrected chi connectivity index (χ0v) is 14.0. The maximum absolute atomic E-state index is 12.8. The molecule has 0 unspecified atom stereocenters. The molecule has 1 aromatic carbocycles. The van der Waals surface area contributed by atoms with E-state index in [4.69, 9.17) is 4.74 Å². The number of aryl methyl sites for hydroxylation is 1. The number of nitrogens with zero attached hydrogens (tertiary/aromatic N) is 3. The van der Waals surface area contributed by atoms with E-state index in [1.807, 2.05) is 6.92 Å². The molecule has 4 nitrogen and oxygen atoms in total. The Morgan fingerprint density at radius 3 is 2.64 bits per heavy atom. The predicted octanol–water partition coefficient (Wildman–Crippen LogP) is 3.85. The minimum atomic E-state index is -4.30. The summed E-state index contributed by atoms with van der Waals surface area (Å²) >= 11 is 0. The molecule has 0 atom stereocenters. The van der Waals surface area contributed by atoms with E-state index in [2.05, 4.69) is 14.9 Å². The molecular formula is C18H20F3N3O. The second-order valence-corrected chi connectivity index (χ2v) is 6.29. The van der Waals surface area contributed by atoms with Gasteiger partial charge in [-0.05, 0) is 31.4 Å². The van der Waals surface area contributed by atoms with Crippen molar-refractivity contribution < 1.29 is 17.9 Å². The Hall–Kier alpha value is -2.15. The first kappa shape index (κ1) is 17.7. The molecule has 1 aliphatic rings. The van der Waals surface area contributed by atoms with Crippen LogP contribution >= 0.6 is 0 Å². The summed E-state index contributed by atoms with van der Waals surface area (Å²) < 4.78 is 44.2. The van der Waals surface area contributed by atoms with Crippen LogP contribution in [0, 0.1) is 6.92 Å². The number of halogens is 3. The second-order valence-electron chi connectivity index (χ2n) is 6.29.